The first kappa shape index (κ1) is 7.49. The van der Waals surface area contributed by atoms with Gasteiger partial charge in [0.25, 0.3) is 0 Å². The highest BCUT2D eigenvalue weighted by Gasteiger charge is 1.83. The lowest BCUT2D eigenvalue weighted by atomic mass is 10.2. The van der Waals surface area contributed by atoms with Gasteiger partial charge in [-0.15, -0.1) is 0 Å². The maximum atomic E-state index is 8.10. The second kappa shape index (κ2) is 6.49. The van der Waals surface area contributed by atoms with E-state index < -0.39 is 0 Å². The average molecular weight is 110 g/mol. The molecule has 1 radical (unpaired) electrons. The average Bonchev–Trinajstić information content (AvgIpc) is 1.81. The van der Waals surface area contributed by atoms with Crippen LogP contribution in [0.25, 0.3) is 0 Å². The Morgan fingerprint density at radius 1 is 1.50 bits per heavy atom. The molecule has 0 bridgehead atoms. The van der Waals surface area contributed by atoms with E-state index in [0.717, 1.165) is 12.8 Å². The first-order valence-electron chi connectivity index (χ1n) is 3.10. The molecular weight excluding hydrogens is 98.1 g/mol. The third-order valence-corrected chi connectivity index (χ3v) is 0.953. The molecule has 0 amide bonds. The van der Waals surface area contributed by atoms with Gasteiger partial charge in [-0.3, -0.25) is 0 Å². The topological polar surface area (TPSA) is 23.8 Å². The maximum absolute atomic E-state index is 8.10. The third kappa shape index (κ3) is 5.49. The predicted octanol–water partition coefficient (Wildman–Crippen LogP) is 2.29. The molecule has 0 spiro atoms. The zero-order valence-electron chi connectivity index (χ0n) is 5.35. The molecule has 0 aliphatic carbocycles. The summed E-state index contributed by atoms with van der Waals surface area (Å²) in [6, 6.07) is 2.10. The Morgan fingerprint density at radius 3 is 2.75 bits per heavy atom. The molecule has 0 heterocycles. The third-order valence-electron chi connectivity index (χ3n) is 0.953. The standard InChI is InChI=1S/C7H12N/c1-2-3-4-5-6-7-8/h4H,2-3,5-6H2,1H3. The molecule has 1 heteroatoms. The van der Waals surface area contributed by atoms with E-state index in [1.54, 1.807) is 0 Å². The number of hydrogen-bond donors (Lipinski definition) is 0. The molecule has 0 aliphatic heterocycles. The maximum Gasteiger partial charge on any atom is 0.0621 e. The molecule has 0 aromatic carbocycles. The second-order valence-corrected chi connectivity index (χ2v) is 1.77. The molecule has 0 N–H and O–H groups in total. The highest BCUT2D eigenvalue weighted by Crippen LogP contribution is 1.98. The van der Waals surface area contributed by atoms with Crippen LogP contribution in [-0.4, -0.2) is 0 Å². The fourth-order valence-corrected chi connectivity index (χ4v) is 0.515. The van der Waals surface area contributed by atoms with Crippen LogP contribution in [0.1, 0.15) is 32.6 Å². The second-order valence-electron chi connectivity index (χ2n) is 1.77. The first-order valence-corrected chi connectivity index (χ1v) is 3.10. The number of nitriles is 1. The Kier molecular flexibility index (Phi) is 6.08. The van der Waals surface area contributed by atoms with Gasteiger partial charge in [0.15, 0.2) is 0 Å². The monoisotopic (exact) mass is 110 g/mol. The van der Waals surface area contributed by atoms with Gasteiger partial charge in [0, 0.05) is 6.42 Å². The summed E-state index contributed by atoms with van der Waals surface area (Å²) in [6.07, 6.45) is 6.17. The Morgan fingerprint density at radius 2 is 2.25 bits per heavy atom. The fraction of sp³-hybridized carbons (Fsp3) is 0.714. The first-order chi connectivity index (χ1) is 3.91. The number of nitrogens with zero attached hydrogens (tertiary/aromatic N) is 1. The van der Waals surface area contributed by atoms with Crippen LogP contribution in [-0.2, 0) is 0 Å². The summed E-state index contributed by atoms with van der Waals surface area (Å²) in [7, 11) is 0. The molecule has 8 heavy (non-hydrogen) atoms. The quantitative estimate of drug-likeness (QED) is 0.509. The molecule has 0 saturated carbocycles. The van der Waals surface area contributed by atoms with Crippen molar-refractivity contribution in [2.24, 2.45) is 0 Å². The number of unbranched alkanes of at least 4 members (excludes halogenated alkanes) is 4. The zero-order valence-corrected chi connectivity index (χ0v) is 5.35. The van der Waals surface area contributed by atoms with E-state index in [4.69, 9.17) is 5.26 Å². The summed E-state index contributed by atoms with van der Waals surface area (Å²) in [5.41, 5.74) is 0. The Hall–Kier alpha value is -0.510. The zero-order chi connectivity index (χ0) is 6.24. The van der Waals surface area contributed by atoms with Crippen molar-refractivity contribution >= 4 is 0 Å². The van der Waals surface area contributed by atoms with Crippen LogP contribution in [0.4, 0.5) is 0 Å². The minimum absolute atomic E-state index is 0.681. The molecule has 0 aromatic heterocycles. The highest BCUT2D eigenvalue weighted by atomic mass is 14.2. The highest BCUT2D eigenvalue weighted by molar-refractivity contribution is 4.74. The number of rotatable bonds is 4. The van der Waals surface area contributed by atoms with Gasteiger partial charge in [-0.1, -0.05) is 19.8 Å². The lowest BCUT2D eigenvalue weighted by Gasteiger charge is -1.89. The van der Waals surface area contributed by atoms with E-state index in [0.29, 0.717) is 6.42 Å². The van der Waals surface area contributed by atoms with Gasteiger partial charge >= 0.3 is 0 Å². The Bertz CT molecular complexity index is 70.9. The van der Waals surface area contributed by atoms with Gasteiger partial charge in [-0.2, -0.15) is 5.26 Å². The number of hydrogen-bond acceptors (Lipinski definition) is 1. The van der Waals surface area contributed by atoms with E-state index in [1.165, 1.54) is 6.42 Å². The molecule has 45 valence electrons. The van der Waals surface area contributed by atoms with Crippen molar-refractivity contribution in [1.29, 1.82) is 5.26 Å². The van der Waals surface area contributed by atoms with Crippen molar-refractivity contribution in [2.45, 2.75) is 32.6 Å². The van der Waals surface area contributed by atoms with E-state index >= 15 is 0 Å². The van der Waals surface area contributed by atoms with Gasteiger partial charge in [0.2, 0.25) is 0 Å². The van der Waals surface area contributed by atoms with Gasteiger partial charge in [-0.05, 0) is 12.8 Å². The van der Waals surface area contributed by atoms with Crippen LogP contribution in [0.3, 0.4) is 0 Å². The SMILES string of the molecule is CCC[CH]CCC#N. The van der Waals surface area contributed by atoms with E-state index in [-0.39, 0.29) is 0 Å². The van der Waals surface area contributed by atoms with Crippen LogP contribution in [0.2, 0.25) is 0 Å². The van der Waals surface area contributed by atoms with Crippen LogP contribution in [0, 0.1) is 17.8 Å². The van der Waals surface area contributed by atoms with Crippen molar-refractivity contribution in [3.8, 4) is 6.07 Å². The predicted molar refractivity (Wildman–Crippen MR) is 34.1 cm³/mol. The van der Waals surface area contributed by atoms with Gasteiger partial charge in [0.05, 0.1) is 6.07 Å². The molecule has 1 nitrogen and oxygen atoms in total. The Balaban J connectivity index is 2.65. The van der Waals surface area contributed by atoms with Gasteiger partial charge in [0.1, 0.15) is 0 Å². The summed E-state index contributed by atoms with van der Waals surface area (Å²) >= 11 is 0. The lowest BCUT2D eigenvalue weighted by molar-refractivity contribution is 0.825. The minimum atomic E-state index is 0.681. The van der Waals surface area contributed by atoms with Crippen molar-refractivity contribution in [1.82, 2.24) is 0 Å². The summed E-state index contributed by atoms with van der Waals surface area (Å²) < 4.78 is 0. The van der Waals surface area contributed by atoms with Crippen LogP contribution < -0.4 is 0 Å². The van der Waals surface area contributed by atoms with Crippen molar-refractivity contribution in [3.63, 3.8) is 0 Å². The molecule has 0 saturated heterocycles. The fourth-order valence-electron chi connectivity index (χ4n) is 0.515. The largest absolute Gasteiger partial charge is 0.198 e. The van der Waals surface area contributed by atoms with Crippen LogP contribution in [0.15, 0.2) is 0 Å². The molecule has 0 aromatic rings. The normalized spacial score (nSPS) is 8.50. The van der Waals surface area contributed by atoms with E-state index in [9.17, 15) is 0 Å². The van der Waals surface area contributed by atoms with Crippen LogP contribution in [0.5, 0.6) is 0 Å². The van der Waals surface area contributed by atoms with Gasteiger partial charge < -0.3 is 0 Å². The summed E-state index contributed by atoms with van der Waals surface area (Å²) in [4.78, 5) is 0. The molecule has 0 atom stereocenters. The molecular formula is C7H12N. The minimum Gasteiger partial charge on any atom is -0.198 e. The summed E-state index contributed by atoms with van der Waals surface area (Å²) in [6.45, 7) is 2.14. The molecule has 0 rings (SSSR count). The summed E-state index contributed by atoms with van der Waals surface area (Å²) in [5, 5.41) is 8.10. The van der Waals surface area contributed by atoms with E-state index in [2.05, 4.69) is 19.4 Å². The van der Waals surface area contributed by atoms with Crippen molar-refractivity contribution in [2.75, 3.05) is 0 Å². The van der Waals surface area contributed by atoms with E-state index in [1.807, 2.05) is 0 Å². The smallest absolute Gasteiger partial charge is 0.0621 e. The van der Waals surface area contributed by atoms with Crippen molar-refractivity contribution in [3.05, 3.63) is 6.42 Å². The van der Waals surface area contributed by atoms with Gasteiger partial charge in [-0.25, -0.2) is 0 Å². The summed E-state index contributed by atoms with van der Waals surface area (Å²) in [5.74, 6) is 0. The lowest BCUT2D eigenvalue weighted by Crippen LogP contribution is -1.73. The Labute approximate surface area is 51.3 Å². The van der Waals surface area contributed by atoms with Crippen molar-refractivity contribution < 1.29 is 0 Å². The molecule has 0 fully saturated rings. The molecule has 0 unspecified atom stereocenters. The molecule has 0 aliphatic rings. The van der Waals surface area contributed by atoms with Crippen LogP contribution >= 0.6 is 0 Å².